The first-order valence-corrected chi connectivity index (χ1v) is 5.62. The number of aliphatic hydroxyl groups is 1. The molecule has 0 amide bonds. The molecule has 1 fully saturated rings. The van der Waals surface area contributed by atoms with Gasteiger partial charge in [-0.15, -0.1) is 0 Å². The van der Waals surface area contributed by atoms with Crippen molar-refractivity contribution in [3.8, 4) is 0 Å². The Kier molecular flexibility index (Phi) is 2.72. The molecular weight excluding hydrogens is 204 g/mol. The number of hydrogen-bond acceptors (Lipinski definition) is 2. The molecule has 1 aliphatic carbocycles. The summed E-state index contributed by atoms with van der Waals surface area (Å²) in [4.78, 5) is 11.2. The number of benzene rings is 1. The Balaban J connectivity index is 2.33. The van der Waals surface area contributed by atoms with E-state index in [2.05, 4.69) is 0 Å². The van der Waals surface area contributed by atoms with Crippen LogP contribution in [0.1, 0.15) is 43.4 Å². The maximum atomic E-state index is 11.2. The first-order chi connectivity index (χ1) is 7.60. The van der Waals surface area contributed by atoms with E-state index in [1.54, 1.807) is 0 Å². The molecule has 3 nitrogen and oxygen atoms in total. The molecule has 0 aliphatic heterocycles. The minimum absolute atomic E-state index is 0.496. The van der Waals surface area contributed by atoms with Crippen LogP contribution in [-0.2, 0) is 10.2 Å². The van der Waals surface area contributed by atoms with Gasteiger partial charge in [-0.1, -0.05) is 31.2 Å². The fourth-order valence-corrected chi connectivity index (χ4v) is 2.03. The predicted molar refractivity (Wildman–Crippen MR) is 60.2 cm³/mol. The Bertz CT molecular complexity index is 407. The van der Waals surface area contributed by atoms with Gasteiger partial charge in [-0.05, 0) is 30.4 Å². The van der Waals surface area contributed by atoms with E-state index < -0.39 is 17.5 Å². The molecule has 0 radical (unpaired) electrons. The van der Waals surface area contributed by atoms with Gasteiger partial charge in [-0.2, -0.15) is 0 Å². The standard InChI is InChI=1S/C13H16O3/c1-2-11(14)9-4-3-5-10(8-9)13(6-7-13)12(15)16/h3-5,8,11,14H,2,6-7H2,1H3,(H,15,16). The number of aliphatic hydroxyl groups excluding tert-OH is 1. The molecule has 0 bridgehead atoms. The summed E-state index contributed by atoms with van der Waals surface area (Å²) >= 11 is 0. The van der Waals surface area contributed by atoms with Gasteiger partial charge in [-0.3, -0.25) is 4.79 Å². The molecule has 1 aromatic carbocycles. The number of carbonyl (C=O) groups is 1. The first-order valence-electron chi connectivity index (χ1n) is 5.62. The Hall–Kier alpha value is -1.35. The van der Waals surface area contributed by atoms with Gasteiger partial charge in [-0.25, -0.2) is 0 Å². The number of carboxylic acids is 1. The van der Waals surface area contributed by atoms with Crippen LogP contribution in [0.4, 0.5) is 0 Å². The molecule has 1 aromatic rings. The molecule has 86 valence electrons. The highest BCUT2D eigenvalue weighted by molar-refractivity contribution is 5.84. The van der Waals surface area contributed by atoms with Crippen molar-refractivity contribution < 1.29 is 15.0 Å². The fraction of sp³-hybridized carbons (Fsp3) is 0.462. The fourth-order valence-electron chi connectivity index (χ4n) is 2.03. The van der Waals surface area contributed by atoms with E-state index in [4.69, 9.17) is 0 Å². The van der Waals surface area contributed by atoms with Crippen molar-refractivity contribution in [1.29, 1.82) is 0 Å². The van der Waals surface area contributed by atoms with Crippen molar-refractivity contribution in [2.24, 2.45) is 0 Å². The normalized spacial score (nSPS) is 19.1. The van der Waals surface area contributed by atoms with E-state index in [1.807, 2.05) is 31.2 Å². The summed E-state index contributed by atoms with van der Waals surface area (Å²) in [6.45, 7) is 1.90. The summed E-state index contributed by atoms with van der Waals surface area (Å²) < 4.78 is 0. The molecule has 0 spiro atoms. The van der Waals surface area contributed by atoms with E-state index in [0.717, 1.165) is 11.1 Å². The smallest absolute Gasteiger partial charge is 0.314 e. The van der Waals surface area contributed by atoms with Gasteiger partial charge in [0.2, 0.25) is 0 Å². The lowest BCUT2D eigenvalue weighted by molar-refractivity contribution is -0.140. The molecule has 1 aliphatic rings. The zero-order valence-corrected chi connectivity index (χ0v) is 9.31. The Morgan fingerprint density at radius 3 is 2.69 bits per heavy atom. The molecule has 0 aromatic heterocycles. The molecular formula is C13H16O3. The number of rotatable bonds is 4. The Morgan fingerprint density at radius 1 is 1.50 bits per heavy atom. The third kappa shape index (κ3) is 1.71. The second-order valence-electron chi connectivity index (χ2n) is 4.44. The summed E-state index contributed by atoms with van der Waals surface area (Å²) in [6.07, 6.45) is 1.55. The highest BCUT2D eigenvalue weighted by Gasteiger charge is 2.51. The van der Waals surface area contributed by atoms with Crippen LogP contribution < -0.4 is 0 Å². The van der Waals surface area contributed by atoms with Crippen molar-refractivity contribution in [2.75, 3.05) is 0 Å². The highest BCUT2D eigenvalue weighted by atomic mass is 16.4. The van der Waals surface area contributed by atoms with E-state index in [1.165, 1.54) is 0 Å². The summed E-state index contributed by atoms with van der Waals surface area (Å²) in [5.74, 6) is -0.754. The lowest BCUT2D eigenvalue weighted by Gasteiger charge is -2.14. The minimum Gasteiger partial charge on any atom is -0.481 e. The third-order valence-electron chi connectivity index (χ3n) is 3.37. The first kappa shape index (κ1) is 11.1. The summed E-state index contributed by atoms with van der Waals surface area (Å²) in [6, 6.07) is 7.34. The second-order valence-corrected chi connectivity index (χ2v) is 4.44. The highest BCUT2D eigenvalue weighted by Crippen LogP contribution is 2.48. The molecule has 0 heterocycles. The molecule has 0 saturated heterocycles. The largest absolute Gasteiger partial charge is 0.481 e. The summed E-state index contributed by atoms with van der Waals surface area (Å²) in [7, 11) is 0. The zero-order chi connectivity index (χ0) is 11.8. The van der Waals surface area contributed by atoms with Crippen LogP contribution in [0.3, 0.4) is 0 Å². The molecule has 1 unspecified atom stereocenters. The molecule has 3 heteroatoms. The van der Waals surface area contributed by atoms with Crippen molar-refractivity contribution in [1.82, 2.24) is 0 Å². The third-order valence-corrected chi connectivity index (χ3v) is 3.37. The van der Waals surface area contributed by atoms with Gasteiger partial charge in [0, 0.05) is 0 Å². The second kappa shape index (κ2) is 3.91. The Morgan fingerprint density at radius 2 is 2.19 bits per heavy atom. The van der Waals surface area contributed by atoms with Gasteiger partial charge in [0.25, 0.3) is 0 Å². The summed E-state index contributed by atoms with van der Waals surface area (Å²) in [5.41, 5.74) is 0.959. The van der Waals surface area contributed by atoms with Crippen LogP contribution in [0.2, 0.25) is 0 Å². The zero-order valence-electron chi connectivity index (χ0n) is 9.31. The van der Waals surface area contributed by atoms with Crippen molar-refractivity contribution >= 4 is 5.97 Å². The predicted octanol–water partition coefficient (Wildman–Crippen LogP) is 2.25. The monoisotopic (exact) mass is 220 g/mol. The van der Waals surface area contributed by atoms with Crippen LogP contribution in [-0.4, -0.2) is 16.2 Å². The minimum atomic E-state index is -0.754. The molecule has 2 N–H and O–H groups in total. The maximum Gasteiger partial charge on any atom is 0.314 e. The lowest BCUT2D eigenvalue weighted by atomic mass is 9.93. The molecule has 1 atom stereocenters. The maximum absolute atomic E-state index is 11.2. The van der Waals surface area contributed by atoms with Crippen molar-refractivity contribution in [3.05, 3.63) is 35.4 Å². The Labute approximate surface area is 94.7 Å². The van der Waals surface area contributed by atoms with Crippen LogP contribution >= 0.6 is 0 Å². The van der Waals surface area contributed by atoms with Gasteiger partial charge < -0.3 is 10.2 Å². The van der Waals surface area contributed by atoms with E-state index in [9.17, 15) is 15.0 Å². The van der Waals surface area contributed by atoms with Gasteiger partial charge in [0.05, 0.1) is 11.5 Å². The molecule has 2 rings (SSSR count). The van der Waals surface area contributed by atoms with E-state index in [0.29, 0.717) is 19.3 Å². The number of hydrogen-bond donors (Lipinski definition) is 2. The number of carboxylic acid groups (broad SMARTS) is 1. The number of aliphatic carboxylic acids is 1. The average molecular weight is 220 g/mol. The average Bonchev–Trinajstić information content (AvgIpc) is 3.09. The van der Waals surface area contributed by atoms with Crippen LogP contribution in [0.5, 0.6) is 0 Å². The van der Waals surface area contributed by atoms with Gasteiger partial charge >= 0.3 is 5.97 Å². The van der Waals surface area contributed by atoms with Crippen LogP contribution in [0.25, 0.3) is 0 Å². The van der Waals surface area contributed by atoms with Crippen molar-refractivity contribution in [2.45, 2.75) is 37.7 Å². The van der Waals surface area contributed by atoms with Crippen LogP contribution in [0.15, 0.2) is 24.3 Å². The molecule has 16 heavy (non-hydrogen) atoms. The quantitative estimate of drug-likeness (QED) is 0.818. The van der Waals surface area contributed by atoms with Crippen LogP contribution in [0, 0.1) is 0 Å². The topological polar surface area (TPSA) is 57.5 Å². The van der Waals surface area contributed by atoms with Gasteiger partial charge in [0.1, 0.15) is 0 Å². The molecule has 1 saturated carbocycles. The van der Waals surface area contributed by atoms with Crippen molar-refractivity contribution in [3.63, 3.8) is 0 Å². The van der Waals surface area contributed by atoms with Gasteiger partial charge in [0.15, 0.2) is 0 Å². The van der Waals surface area contributed by atoms with E-state index in [-0.39, 0.29) is 0 Å². The van der Waals surface area contributed by atoms with E-state index >= 15 is 0 Å². The SMILES string of the molecule is CCC(O)c1cccc(C2(C(=O)O)CC2)c1. The summed E-state index contributed by atoms with van der Waals surface area (Å²) in [5, 5.41) is 18.9. The lowest BCUT2D eigenvalue weighted by Crippen LogP contribution is -2.19.